The molecule has 0 saturated carbocycles. The van der Waals surface area contributed by atoms with Gasteiger partial charge in [-0.1, -0.05) is 12.1 Å². The van der Waals surface area contributed by atoms with Gasteiger partial charge in [-0.2, -0.15) is 0 Å². The minimum Gasteiger partial charge on any atom is -0.497 e. The largest absolute Gasteiger partial charge is 0.497 e. The lowest BCUT2D eigenvalue weighted by atomic mass is 10.1. The van der Waals surface area contributed by atoms with Gasteiger partial charge in [0.05, 0.1) is 17.8 Å². The summed E-state index contributed by atoms with van der Waals surface area (Å²) < 4.78 is 5.26. The number of aliphatic imine (C=N–C) groups is 1. The van der Waals surface area contributed by atoms with Crippen LogP contribution in [0, 0.1) is 13.8 Å². The fourth-order valence-electron chi connectivity index (χ4n) is 2.48. The molecule has 5 nitrogen and oxygen atoms in total. The zero-order valence-corrected chi connectivity index (χ0v) is 16.4. The Kier molecular flexibility index (Phi) is 7.73. The molecule has 0 aliphatic rings. The Morgan fingerprint density at radius 3 is 2.68 bits per heavy atom. The molecule has 0 aliphatic heterocycles. The van der Waals surface area contributed by atoms with Crippen molar-refractivity contribution in [2.24, 2.45) is 4.99 Å². The quantitative estimate of drug-likeness (QED) is 0.431. The van der Waals surface area contributed by atoms with E-state index in [9.17, 15) is 0 Å². The van der Waals surface area contributed by atoms with Crippen molar-refractivity contribution in [2.45, 2.75) is 33.1 Å². The van der Waals surface area contributed by atoms with Crippen molar-refractivity contribution >= 4 is 17.3 Å². The van der Waals surface area contributed by atoms with Crippen LogP contribution in [-0.2, 0) is 12.8 Å². The first-order valence-electron chi connectivity index (χ1n) is 8.62. The SMILES string of the molecule is CN=C(NCCCc1cccc(OC)c1)NCCc1nc(C)c(C)s1. The summed E-state index contributed by atoms with van der Waals surface area (Å²) in [4.78, 5) is 10.1. The lowest BCUT2D eigenvalue weighted by Crippen LogP contribution is -2.38. The van der Waals surface area contributed by atoms with Crippen LogP contribution in [0.25, 0.3) is 0 Å². The van der Waals surface area contributed by atoms with Crippen LogP contribution >= 0.6 is 11.3 Å². The summed E-state index contributed by atoms with van der Waals surface area (Å²) in [6.07, 6.45) is 2.97. The number of aromatic nitrogens is 1. The van der Waals surface area contributed by atoms with E-state index in [0.717, 1.165) is 49.8 Å². The van der Waals surface area contributed by atoms with Gasteiger partial charge in [-0.3, -0.25) is 4.99 Å². The lowest BCUT2D eigenvalue weighted by Gasteiger charge is -2.11. The molecule has 0 fully saturated rings. The smallest absolute Gasteiger partial charge is 0.190 e. The van der Waals surface area contributed by atoms with Crippen molar-refractivity contribution in [3.05, 3.63) is 45.4 Å². The summed E-state index contributed by atoms with van der Waals surface area (Å²) in [6, 6.07) is 8.22. The highest BCUT2D eigenvalue weighted by Crippen LogP contribution is 2.16. The zero-order chi connectivity index (χ0) is 18.1. The van der Waals surface area contributed by atoms with Gasteiger partial charge in [0.2, 0.25) is 0 Å². The van der Waals surface area contributed by atoms with Gasteiger partial charge in [0.15, 0.2) is 5.96 Å². The second-order valence-corrected chi connectivity index (χ2v) is 7.17. The monoisotopic (exact) mass is 360 g/mol. The van der Waals surface area contributed by atoms with Crippen LogP contribution in [0.5, 0.6) is 5.75 Å². The third kappa shape index (κ3) is 6.38. The molecule has 2 N–H and O–H groups in total. The van der Waals surface area contributed by atoms with Gasteiger partial charge in [0.1, 0.15) is 5.75 Å². The molecule has 1 heterocycles. The fourth-order valence-corrected chi connectivity index (χ4v) is 3.42. The van der Waals surface area contributed by atoms with Gasteiger partial charge in [0, 0.05) is 31.4 Å². The second kappa shape index (κ2) is 10.0. The first kappa shape index (κ1) is 19.2. The molecule has 0 unspecified atom stereocenters. The Morgan fingerprint density at radius 1 is 1.20 bits per heavy atom. The van der Waals surface area contributed by atoms with Crippen LogP contribution in [-0.4, -0.2) is 38.2 Å². The molecule has 2 aromatic rings. The average Bonchev–Trinajstić information content (AvgIpc) is 2.95. The third-order valence-electron chi connectivity index (χ3n) is 4.00. The molecule has 0 saturated heterocycles. The van der Waals surface area contributed by atoms with Crippen LogP contribution < -0.4 is 15.4 Å². The normalized spacial score (nSPS) is 11.4. The first-order valence-corrected chi connectivity index (χ1v) is 9.44. The number of thiazole rings is 1. The van der Waals surface area contributed by atoms with Crippen molar-refractivity contribution < 1.29 is 4.74 Å². The highest BCUT2D eigenvalue weighted by atomic mass is 32.1. The average molecular weight is 361 g/mol. The van der Waals surface area contributed by atoms with E-state index in [1.807, 2.05) is 12.1 Å². The van der Waals surface area contributed by atoms with Gasteiger partial charge in [0.25, 0.3) is 0 Å². The summed E-state index contributed by atoms with van der Waals surface area (Å²) in [6.45, 7) is 5.90. The van der Waals surface area contributed by atoms with Crippen LogP contribution in [0.1, 0.15) is 27.6 Å². The highest BCUT2D eigenvalue weighted by molar-refractivity contribution is 7.11. The van der Waals surface area contributed by atoms with E-state index < -0.39 is 0 Å². The van der Waals surface area contributed by atoms with Crippen molar-refractivity contribution in [1.82, 2.24) is 15.6 Å². The van der Waals surface area contributed by atoms with Crippen molar-refractivity contribution in [3.8, 4) is 5.75 Å². The second-order valence-electron chi connectivity index (χ2n) is 5.88. The number of nitrogens with zero attached hydrogens (tertiary/aromatic N) is 2. The van der Waals surface area contributed by atoms with E-state index in [1.54, 1.807) is 25.5 Å². The Labute approximate surface area is 154 Å². The fraction of sp³-hybridized carbons (Fsp3) is 0.474. The molecule has 1 aromatic heterocycles. The summed E-state index contributed by atoms with van der Waals surface area (Å²) >= 11 is 1.77. The molecule has 0 aliphatic carbocycles. The number of rotatable bonds is 8. The van der Waals surface area contributed by atoms with Gasteiger partial charge < -0.3 is 15.4 Å². The topological polar surface area (TPSA) is 58.5 Å². The zero-order valence-electron chi connectivity index (χ0n) is 15.6. The van der Waals surface area contributed by atoms with Crippen molar-refractivity contribution in [3.63, 3.8) is 0 Å². The molecule has 1 aromatic carbocycles. The Hall–Kier alpha value is -2.08. The van der Waals surface area contributed by atoms with Gasteiger partial charge in [-0.25, -0.2) is 4.98 Å². The van der Waals surface area contributed by atoms with Crippen LogP contribution in [0.2, 0.25) is 0 Å². The van der Waals surface area contributed by atoms with Crippen molar-refractivity contribution in [2.75, 3.05) is 27.2 Å². The molecule has 2 rings (SSSR count). The number of benzene rings is 1. The standard InChI is InChI=1S/C19H28N4OS/c1-14-15(2)25-18(23-14)10-12-22-19(20-3)21-11-6-8-16-7-5-9-17(13-16)24-4/h5,7,9,13H,6,8,10-12H2,1-4H3,(H2,20,21,22). The lowest BCUT2D eigenvalue weighted by molar-refractivity contribution is 0.414. The molecule has 0 radical (unpaired) electrons. The molecule has 25 heavy (non-hydrogen) atoms. The summed E-state index contributed by atoms with van der Waals surface area (Å²) in [5, 5.41) is 7.89. The predicted octanol–water partition coefficient (Wildman–Crippen LogP) is 3.11. The number of hydrogen-bond donors (Lipinski definition) is 2. The van der Waals surface area contributed by atoms with E-state index in [2.05, 4.69) is 46.6 Å². The number of guanidine groups is 1. The Morgan fingerprint density at radius 2 is 2.00 bits per heavy atom. The minimum atomic E-state index is 0.835. The van der Waals surface area contributed by atoms with E-state index >= 15 is 0 Å². The molecule has 0 atom stereocenters. The summed E-state index contributed by atoms with van der Waals surface area (Å²) in [7, 11) is 3.50. The first-order chi connectivity index (χ1) is 12.1. The van der Waals surface area contributed by atoms with E-state index in [-0.39, 0.29) is 0 Å². The number of nitrogens with one attached hydrogen (secondary N) is 2. The Balaban J connectivity index is 1.66. The molecule has 0 spiro atoms. The Bertz CT molecular complexity index is 677. The van der Waals surface area contributed by atoms with Gasteiger partial charge >= 0.3 is 0 Å². The van der Waals surface area contributed by atoms with Gasteiger partial charge in [-0.15, -0.1) is 11.3 Å². The van der Waals surface area contributed by atoms with Gasteiger partial charge in [-0.05, 0) is 44.4 Å². The molecular weight excluding hydrogens is 332 g/mol. The van der Waals surface area contributed by atoms with Crippen molar-refractivity contribution in [1.29, 1.82) is 0 Å². The third-order valence-corrected chi connectivity index (χ3v) is 5.13. The summed E-state index contributed by atoms with van der Waals surface area (Å²) in [5.41, 5.74) is 2.43. The summed E-state index contributed by atoms with van der Waals surface area (Å²) in [5.74, 6) is 1.76. The number of methoxy groups -OCH3 is 1. The predicted molar refractivity (Wildman–Crippen MR) is 106 cm³/mol. The molecule has 6 heteroatoms. The van der Waals surface area contributed by atoms with E-state index in [1.165, 1.54) is 15.4 Å². The molecular formula is C19H28N4OS. The molecule has 136 valence electrons. The number of ether oxygens (including phenoxy) is 1. The maximum absolute atomic E-state index is 5.26. The van der Waals surface area contributed by atoms with E-state index in [4.69, 9.17) is 4.74 Å². The minimum absolute atomic E-state index is 0.835. The van der Waals surface area contributed by atoms with Crippen LogP contribution in [0.4, 0.5) is 0 Å². The van der Waals surface area contributed by atoms with Crippen LogP contribution in [0.15, 0.2) is 29.3 Å². The van der Waals surface area contributed by atoms with E-state index in [0.29, 0.717) is 0 Å². The molecule has 0 amide bonds. The molecule has 0 bridgehead atoms. The van der Waals surface area contributed by atoms with Crippen LogP contribution in [0.3, 0.4) is 0 Å². The maximum Gasteiger partial charge on any atom is 0.190 e. The number of hydrogen-bond acceptors (Lipinski definition) is 4. The number of aryl methyl sites for hydroxylation is 3. The highest BCUT2D eigenvalue weighted by Gasteiger charge is 2.04. The maximum atomic E-state index is 5.26.